The molecule has 0 saturated carbocycles. The molecule has 0 aliphatic carbocycles. The molecule has 3 aromatic rings. The third-order valence-electron chi connectivity index (χ3n) is 2.51. The van der Waals surface area contributed by atoms with Gasteiger partial charge < -0.3 is 0 Å². The summed E-state index contributed by atoms with van der Waals surface area (Å²) >= 11 is 1.17. The fourth-order valence-electron chi connectivity index (χ4n) is 1.64. The van der Waals surface area contributed by atoms with Crippen molar-refractivity contribution in [1.82, 2.24) is 15.0 Å². The SMILES string of the molecule is Fc1cccc(F)c1-c1nc(-c2cnccn2)cs1. The number of halogens is 2. The van der Waals surface area contributed by atoms with E-state index >= 15 is 0 Å². The molecule has 0 bridgehead atoms. The van der Waals surface area contributed by atoms with Crippen molar-refractivity contribution in [3.8, 4) is 22.0 Å². The van der Waals surface area contributed by atoms with E-state index in [0.29, 0.717) is 11.4 Å². The Morgan fingerprint density at radius 1 is 1.00 bits per heavy atom. The molecule has 6 heteroatoms. The molecular weight excluding hydrogens is 268 g/mol. The Hall–Kier alpha value is -2.21. The van der Waals surface area contributed by atoms with Crippen LogP contribution in [0.1, 0.15) is 0 Å². The van der Waals surface area contributed by atoms with Crippen molar-refractivity contribution in [2.45, 2.75) is 0 Å². The molecule has 0 amide bonds. The normalized spacial score (nSPS) is 10.6. The Bertz CT molecular complexity index is 693. The Morgan fingerprint density at radius 2 is 1.79 bits per heavy atom. The van der Waals surface area contributed by atoms with Gasteiger partial charge in [0.05, 0.1) is 11.8 Å². The van der Waals surface area contributed by atoms with Crippen LogP contribution in [-0.4, -0.2) is 15.0 Å². The lowest BCUT2D eigenvalue weighted by atomic mass is 10.2. The molecular formula is C13H7F2N3S. The molecule has 0 aliphatic rings. The molecule has 0 unspecified atom stereocenters. The molecule has 1 aromatic carbocycles. The van der Waals surface area contributed by atoms with Crippen molar-refractivity contribution >= 4 is 11.3 Å². The molecule has 0 N–H and O–H groups in total. The highest BCUT2D eigenvalue weighted by Crippen LogP contribution is 2.31. The number of hydrogen-bond donors (Lipinski definition) is 0. The fourth-order valence-corrected chi connectivity index (χ4v) is 2.50. The van der Waals surface area contributed by atoms with Gasteiger partial charge in [-0.05, 0) is 12.1 Å². The first kappa shape index (κ1) is 11.9. The van der Waals surface area contributed by atoms with Gasteiger partial charge in [0.1, 0.15) is 28.0 Å². The summed E-state index contributed by atoms with van der Waals surface area (Å²) in [6.07, 6.45) is 4.64. The maximum atomic E-state index is 13.6. The summed E-state index contributed by atoms with van der Waals surface area (Å²) in [5.74, 6) is -1.25. The Kier molecular flexibility index (Phi) is 3.00. The molecule has 0 atom stereocenters. The van der Waals surface area contributed by atoms with Crippen molar-refractivity contribution in [2.75, 3.05) is 0 Å². The third-order valence-corrected chi connectivity index (χ3v) is 3.37. The molecule has 0 radical (unpaired) electrons. The zero-order chi connectivity index (χ0) is 13.2. The first-order valence-electron chi connectivity index (χ1n) is 5.42. The van der Waals surface area contributed by atoms with Crippen LogP contribution in [0.15, 0.2) is 42.2 Å². The van der Waals surface area contributed by atoms with Crippen LogP contribution in [0.5, 0.6) is 0 Å². The summed E-state index contributed by atoms with van der Waals surface area (Å²) in [5, 5.41) is 1.99. The largest absolute Gasteiger partial charge is 0.261 e. The van der Waals surface area contributed by atoms with Crippen LogP contribution in [0.4, 0.5) is 8.78 Å². The number of nitrogens with zero attached hydrogens (tertiary/aromatic N) is 3. The van der Waals surface area contributed by atoms with E-state index < -0.39 is 11.6 Å². The van der Waals surface area contributed by atoms with Crippen LogP contribution >= 0.6 is 11.3 Å². The number of rotatable bonds is 2. The van der Waals surface area contributed by atoms with E-state index in [4.69, 9.17) is 0 Å². The molecule has 0 fully saturated rings. The molecule has 0 aliphatic heterocycles. The molecule has 94 valence electrons. The second kappa shape index (κ2) is 4.81. The van der Waals surface area contributed by atoms with Gasteiger partial charge in [0.15, 0.2) is 0 Å². The zero-order valence-electron chi connectivity index (χ0n) is 9.55. The Balaban J connectivity index is 2.07. The van der Waals surface area contributed by atoms with Crippen molar-refractivity contribution < 1.29 is 8.78 Å². The molecule has 0 spiro atoms. The van der Waals surface area contributed by atoms with E-state index in [0.717, 1.165) is 0 Å². The van der Waals surface area contributed by atoms with Crippen LogP contribution in [0.25, 0.3) is 22.0 Å². The highest BCUT2D eigenvalue weighted by Gasteiger charge is 2.15. The van der Waals surface area contributed by atoms with Crippen LogP contribution in [0.3, 0.4) is 0 Å². The van der Waals surface area contributed by atoms with E-state index in [-0.39, 0.29) is 10.6 Å². The minimum Gasteiger partial charge on any atom is -0.261 e. The molecule has 19 heavy (non-hydrogen) atoms. The summed E-state index contributed by atoms with van der Waals surface area (Å²) in [4.78, 5) is 12.2. The Labute approximate surface area is 111 Å². The van der Waals surface area contributed by atoms with Gasteiger partial charge in [0.25, 0.3) is 0 Å². The highest BCUT2D eigenvalue weighted by atomic mass is 32.1. The topological polar surface area (TPSA) is 38.7 Å². The van der Waals surface area contributed by atoms with Crippen molar-refractivity contribution in [2.24, 2.45) is 0 Å². The van der Waals surface area contributed by atoms with E-state index in [1.54, 1.807) is 17.8 Å². The minimum atomic E-state index is -0.625. The fraction of sp³-hybridized carbons (Fsp3) is 0. The second-order valence-corrected chi connectivity index (χ2v) is 4.58. The molecule has 0 saturated heterocycles. The third kappa shape index (κ3) is 2.22. The van der Waals surface area contributed by atoms with E-state index in [9.17, 15) is 8.78 Å². The first-order valence-corrected chi connectivity index (χ1v) is 6.30. The van der Waals surface area contributed by atoms with Crippen LogP contribution < -0.4 is 0 Å². The Morgan fingerprint density at radius 3 is 2.47 bits per heavy atom. The van der Waals surface area contributed by atoms with Crippen molar-refractivity contribution in [3.05, 3.63) is 53.8 Å². The maximum Gasteiger partial charge on any atom is 0.136 e. The molecule has 3 nitrogen and oxygen atoms in total. The predicted molar refractivity (Wildman–Crippen MR) is 68.5 cm³/mol. The van der Waals surface area contributed by atoms with E-state index in [1.165, 1.54) is 35.7 Å². The average molecular weight is 275 g/mol. The van der Waals surface area contributed by atoms with Gasteiger partial charge in [-0.1, -0.05) is 6.07 Å². The predicted octanol–water partition coefficient (Wildman–Crippen LogP) is 3.55. The van der Waals surface area contributed by atoms with Gasteiger partial charge in [-0.25, -0.2) is 13.8 Å². The minimum absolute atomic E-state index is 0.109. The van der Waals surface area contributed by atoms with Crippen LogP contribution in [0, 0.1) is 11.6 Å². The van der Waals surface area contributed by atoms with Gasteiger partial charge in [0, 0.05) is 17.8 Å². The van der Waals surface area contributed by atoms with E-state index in [1.807, 2.05) is 0 Å². The summed E-state index contributed by atoms with van der Waals surface area (Å²) < 4.78 is 27.3. The highest BCUT2D eigenvalue weighted by molar-refractivity contribution is 7.13. The van der Waals surface area contributed by atoms with Crippen molar-refractivity contribution in [3.63, 3.8) is 0 Å². The zero-order valence-corrected chi connectivity index (χ0v) is 10.4. The monoisotopic (exact) mass is 275 g/mol. The summed E-state index contributed by atoms with van der Waals surface area (Å²) in [6, 6.07) is 3.75. The van der Waals surface area contributed by atoms with Crippen LogP contribution in [0.2, 0.25) is 0 Å². The number of benzene rings is 1. The summed E-state index contributed by atoms with van der Waals surface area (Å²) in [6.45, 7) is 0. The number of hydrogen-bond acceptors (Lipinski definition) is 4. The second-order valence-electron chi connectivity index (χ2n) is 3.73. The lowest BCUT2D eigenvalue weighted by Crippen LogP contribution is -1.89. The molecule has 3 rings (SSSR count). The molecule has 2 aromatic heterocycles. The smallest absolute Gasteiger partial charge is 0.136 e. The van der Waals surface area contributed by atoms with Gasteiger partial charge in [0.2, 0.25) is 0 Å². The quantitative estimate of drug-likeness (QED) is 0.718. The lowest BCUT2D eigenvalue weighted by Gasteiger charge is -2.00. The van der Waals surface area contributed by atoms with Gasteiger partial charge >= 0.3 is 0 Å². The standard InChI is InChI=1S/C13H7F2N3S/c14-8-2-1-3-9(15)12(8)13-18-11(7-19-13)10-6-16-4-5-17-10/h1-7H. The van der Waals surface area contributed by atoms with Gasteiger partial charge in [-0.15, -0.1) is 11.3 Å². The van der Waals surface area contributed by atoms with Gasteiger partial charge in [-0.3, -0.25) is 9.97 Å². The first-order chi connectivity index (χ1) is 9.25. The summed E-state index contributed by atoms with van der Waals surface area (Å²) in [5.41, 5.74) is 1.01. The average Bonchev–Trinajstić information content (AvgIpc) is 2.89. The number of thiazole rings is 1. The maximum absolute atomic E-state index is 13.6. The van der Waals surface area contributed by atoms with Gasteiger partial charge in [-0.2, -0.15) is 0 Å². The summed E-state index contributed by atoms with van der Waals surface area (Å²) in [7, 11) is 0. The number of aromatic nitrogens is 3. The van der Waals surface area contributed by atoms with Crippen LogP contribution in [-0.2, 0) is 0 Å². The van der Waals surface area contributed by atoms with E-state index in [2.05, 4.69) is 15.0 Å². The lowest BCUT2D eigenvalue weighted by molar-refractivity contribution is 0.589. The van der Waals surface area contributed by atoms with Crippen molar-refractivity contribution in [1.29, 1.82) is 0 Å². The molecule has 2 heterocycles.